The minimum Gasteiger partial charge on any atom is -0.493 e. The number of rotatable bonds is 4. The van der Waals surface area contributed by atoms with E-state index in [4.69, 9.17) is 20.9 Å². The smallest absolute Gasteiger partial charge is 0.261 e. The van der Waals surface area contributed by atoms with Gasteiger partial charge in [0.15, 0.2) is 5.82 Å². The second-order valence-electron chi connectivity index (χ2n) is 3.50. The molecule has 1 aromatic heterocycles. The first-order valence-electron chi connectivity index (χ1n) is 5.42. The molecule has 0 fully saturated rings. The fraction of sp³-hybridized carbons (Fsp3) is 0.333. The Morgan fingerprint density at radius 2 is 2.18 bits per heavy atom. The summed E-state index contributed by atoms with van der Waals surface area (Å²) in [5.74, 6) is 1.64. The van der Waals surface area contributed by atoms with Crippen molar-refractivity contribution in [2.75, 3.05) is 6.61 Å². The molecule has 0 saturated carbocycles. The van der Waals surface area contributed by atoms with Gasteiger partial charge in [0, 0.05) is 0 Å². The van der Waals surface area contributed by atoms with Gasteiger partial charge < -0.3 is 9.26 Å². The molecular weight excluding hydrogens is 240 g/mol. The molecule has 0 aliphatic heterocycles. The first kappa shape index (κ1) is 11.9. The summed E-state index contributed by atoms with van der Waals surface area (Å²) < 4.78 is 10.7. The Labute approximate surface area is 105 Å². The molecule has 1 aromatic carbocycles. The van der Waals surface area contributed by atoms with Gasteiger partial charge in [0.25, 0.3) is 5.89 Å². The second-order valence-corrected chi connectivity index (χ2v) is 4.16. The van der Waals surface area contributed by atoms with E-state index in [9.17, 15) is 0 Å². The summed E-state index contributed by atoms with van der Waals surface area (Å²) in [5.41, 5.74) is 0.783. The van der Waals surface area contributed by atoms with E-state index in [1.165, 1.54) is 0 Å². The van der Waals surface area contributed by atoms with E-state index >= 15 is 0 Å². The second kappa shape index (κ2) is 5.19. The summed E-state index contributed by atoms with van der Waals surface area (Å²) in [5, 5.41) is 3.55. The third kappa shape index (κ3) is 2.58. The predicted molar refractivity (Wildman–Crippen MR) is 65.2 cm³/mol. The minimum atomic E-state index is -0.272. The van der Waals surface area contributed by atoms with Crippen LogP contribution in [0, 0.1) is 0 Å². The SMILES string of the molecule is CCOc1ccccc1-c1nc(C(C)Cl)no1. The highest BCUT2D eigenvalue weighted by Crippen LogP contribution is 2.29. The van der Waals surface area contributed by atoms with Crippen molar-refractivity contribution in [1.82, 2.24) is 10.1 Å². The molecule has 5 heteroatoms. The van der Waals surface area contributed by atoms with Crippen molar-refractivity contribution >= 4 is 11.6 Å². The number of alkyl halides is 1. The van der Waals surface area contributed by atoms with Crippen LogP contribution in [-0.4, -0.2) is 16.7 Å². The van der Waals surface area contributed by atoms with Crippen molar-refractivity contribution < 1.29 is 9.26 Å². The lowest BCUT2D eigenvalue weighted by atomic mass is 10.2. The largest absolute Gasteiger partial charge is 0.493 e. The van der Waals surface area contributed by atoms with Crippen molar-refractivity contribution in [3.63, 3.8) is 0 Å². The number of hydrogen-bond donors (Lipinski definition) is 0. The molecule has 1 heterocycles. The number of hydrogen-bond acceptors (Lipinski definition) is 4. The quantitative estimate of drug-likeness (QED) is 0.782. The Morgan fingerprint density at radius 1 is 1.41 bits per heavy atom. The van der Waals surface area contributed by atoms with Gasteiger partial charge in [-0.3, -0.25) is 0 Å². The topological polar surface area (TPSA) is 48.2 Å². The van der Waals surface area contributed by atoms with Crippen LogP contribution >= 0.6 is 11.6 Å². The fourth-order valence-electron chi connectivity index (χ4n) is 1.43. The van der Waals surface area contributed by atoms with Crippen LogP contribution in [0.15, 0.2) is 28.8 Å². The van der Waals surface area contributed by atoms with Gasteiger partial charge in [-0.15, -0.1) is 11.6 Å². The van der Waals surface area contributed by atoms with Crippen molar-refractivity contribution in [2.45, 2.75) is 19.2 Å². The van der Waals surface area contributed by atoms with Crippen LogP contribution in [0.25, 0.3) is 11.5 Å². The van der Waals surface area contributed by atoms with Crippen molar-refractivity contribution in [3.05, 3.63) is 30.1 Å². The molecule has 0 aliphatic carbocycles. The Bertz CT molecular complexity index is 497. The highest BCUT2D eigenvalue weighted by atomic mass is 35.5. The number of aromatic nitrogens is 2. The Kier molecular flexibility index (Phi) is 3.64. The zero-order valence-electron chi connectivity index (χ0n) is 9.68. The first-order chi connectivity index (χ1) is 8.22. The van der Waals surface area contributed by atoms with E-state index in [2.05, 4.69) is 10.1 Å². The van der Waals surface area contributed by atoms with Crippen LogP contribution in [0.5, 0.6) is 5.75 Å². The monoisotopic (exact) mass is 252 g/mol. The van der Waals surface area contributed by atoms with Gasteiger partial charge in [-0.2, -0.15) is 4.98 Å². The average Bonchev–Trinajstić information content (AvgIpc) is 2.79. The maximum atomic E-state index is 5.89. The number of nitrogens with zero attached hydrogens (tertiary/aromatic N) is 2. The molecule has 2 aromatic rings. The molecule has 0 radical (unpaired) electrons. The molecule has 0 aliphatic rings. The third-order valence-corrected chi connectivity index (χ3v) is 2.41. The fourth-order valence-corrected chi connectivity index (χ4v) is 1.52. The first-order valence-corrected chi connectivity index (χ1v) is 5.86. The molecular formula is C12H13ClN2O2. The number of benzene rings is 1. The van der Waals surface area contributed by atoms with Gasteiger partial charge in [-0.05, 0) is 26.0 Å². The van der Waals surface area contributed by atoms with Crippen LogP contribution in [0.4, 0.5) is 0 Å². The van der Waals surface area contributed by atoms with E-state index in [1.807, 2.05) is 31.2 Å². The summed E-state index contributed by atoms with van der Waals surface area (Å²) in [7, 11) is 0. The summed E-state index contributed by atoms with van der Waals surface area (Å²) in [6.45, 7) is 4.31. The van der Waals surface area contributed by atoms with E-state index in [0.717, 1.165) is 11.3 Å². The summed E-state index contributed by atoms with van der Waals surface area (Å²) in [6, 6.07) is 7.54. The number of para-hydroxylation sites is 1. The molecule has 17 heavy (non-hydrogen) atoms. The zero-order valence-corrected chi connectivity index (χ0v) is 10.4. The van der Waals surface area contributed by atoms with E-state index in [0.29, 0.717) is 18.3 Å². The van der Waals surface area contributed by atoms with Gasteiger partial charge in [-0.25, -0.2) is 0 Å². The lowest BCUT2D eigenvalue weighted by molar-refractivity contribution is 0.339. The van der Waals surface area contributed by atoms with Gasteiger partial charge >= 0.3 is 0 Å². The lowest BCUT2D eigenvalue weighted by Crippen LogP contribution is -1.94. The Balaban J connectivity index is 2.38. The minimum absolute atomic E-state index is 0.272. The highest BCUT2D eigenvalue weighted by Gasteiger charge is 2.15. The predicted octanol–water partition coefficient (Wildman–Crippen LogP) is 3.44. The molecule has 1 unspecified atom stereocenters. The molecule has 1 atom stereocenters. The van der Waals surface area contributed by atoms with Gasteiger partial charge in [0.2, 0.25) is 0 Å². The summed E-state index contributed by atoms with van der Waals surface area (Å²) in [6.07, 6.45) is 0. The summed E-state index contributed by atoms with van der Waals surface area (Å²) >= 11 is 5.89. The van der Waals surface area contributed by atoms with E-state index < -0.39 is 0 Å². The van der Waals surface area contributed by atoms with E-state index in [-0.39, 0.29) is 5.38 Å². The molecule has 2 rings (SSSR count). The normalized spacial score (nSPS) is 12.4. The Hall–Kier alpha value is -1.55. The molecule has 0 spiro atoms. The molecule has 4 nitrogen and oxygen atoms in total. The maximum absolute atomic E-state index is 5.89. The number of halogens is 1. The average molecular weight is 253 g/mol. The van der Waals surface area contributed by atoms with Gasteiger partial charge in [0.1, 0.15) is 5.75 Å². The maximum Gasteiger partial charge on any atom is 0.261 e. The molecule has 0 amide bonds. The zero-order chi connectivity index (χ0) is 12.3. The van der Waals surface area contributed by atoms with E-state index in [1.54, 1.807) is 6.92 Å². The van der Waals surface area contributed by atoms with Crippen LogP contribution in [-0.2, 0) is 0 Å². The van der Waals surface area contributed by atoms with Crippen molar-refractivity contribution in [3.8, 4) is 17.2 Å². The molecule has 0 bridgehead atoms. The lowest BCUT2D eigenvalue weighted by Gasteiger charge is -2.05. The molecule has 0 N–H and O–H groups in total. The Morgan fingerprint density at radius 3 is 2.82 bits per heavy atom. The van der Waals surface area contributed by atoms with Crippen LogP contribution in [0.3, 0.4) is 0 Å². The number of ether oxygens (including phenoxy) is 1. The van der Waals surface area contributed by atoms with Crippen LogP contribution in [0.2, 0.25) is 0 Å². The standard InChI is InChI=1S/C12H13ClN2O2/c1-3-16-10-7-5-4-6-9(10)12-14-11(8(2)13)15-17-12/h4-8H,3H2,1-2H3. The third-order valence-electron chi connectivity index (χ3n) is 2.21. The van der Waals surface area contributed by atoms with Crippen molar-refractivity contribution in [1.29, 1.82) is 0 Å². The van der Waals surface area contributed by atoms with Crippen LogP contribution < -0.4 is 4.74 Å². The molecule has 0 saturated heterocycles. The van der Waals surface area contributed by atoms with Crippen molar-refractivity contribution in [2.24, 2.45) is 0 Å². The molecule has 90 valence electrons. The van der Waals surface area contributed by atoms with Gasteiger partial charge in [-0.1, -0.05) is 17.3 Å². The summed E-state index contributed by atoms with van der Waals surface area (Å²) in [4.78, 5) is 4.23. The van der Waals surface area contributed by atoms with Crippen LogP contribution in [0.1, 0.15) is 25.0 Å². The van der Waals surface area contributed by atoms with Gasteiger partial charge in [0.05, 0.1) is 17.5 Å². The highest BCUT2D eigenvalue weighted by molar-refractivity contribution is 6.20.